The molecule has 0 saturated heterocycles. The molecule has 0 saturated carbocycles. The summed E-state index contributed by atoms with van der Waals surface area (Å²) in [6.45, 7) is -0.312. The van der Waals surface area contributed by atoms with Crippen LogP contribution in [-0.4, -0.2) is 20.1 Å². The summed E-state index contributed by atoms with van der Waals surface area (Å²) in [5.74, 6) is 5.14. The van der Waals surface area contributed by atoms with Crippen molar-refractivity contribution in [2.45, 2.75) is 4.90 Å². The van der Waals surface area contributed by atoms with Gasteiger partial charge in [-0.05, 0) is 18.2 Å². The van der Waals surface area contributed by atoms with Gasteiger partial charge in [0.05, 0.1) is 10.0 Å². The van der Waals surface area contributed by atoms with Crippen LogP contribution in [0.5, 0.6) is 0 Å². The van der Waals surface area contributed by atoms with E-state index in [1.54, 1.807) is 24.3 Å². The van der Waals surface area contributed by atoms with E-state index in [0.29, 0.717) is 11.3 Å². The lowest BCUT2D eigenvalue weighted by Crippen LogP contribution is -2.13. The average molecular weight is 362 g/mol. The minimum atomic E-state index is -3.86. The summed E-state index contributed by atoms with van der Waals surface area (Å²) in [6, 6.07) is 7.89. The monoisotopic (exact) mass is 361 g/mol. The largest absolute Gasteiger partial charge is 0.384 e. The first-order valence-electron chi connectivity index (χ1n) is 5.60. The summed E-state index contributed by atoms with van der Waals surface area (Å²) in [5, 5.41) is 8.73. The standard InChI is InChI=1S/C13H9Cl2NO3S2/c14-12-8-11(13(15)20-12)21(18,19)16-10-6-2-1-4-9(10)5-3-7-17/h1-2,4,6,8,16-17H,7H2. The van der Waals surface area contributed by atoms with Gasteiger partial charge in [0.25, 0.3) is 10.0 Å². The molecule has 0 atom stereocenters. The Kier molecular flexibility index (Phi) is 5.14. The number of para-hydroxylation sites is 1. The van der Waals surface area contributed by atoms with Crippen molar-refractivity contribution in [2.75, 3.05) is 11.3 Å². The molecule has 0 spiro atoms. The number of rotatable bonds is 3. The van der Waals surface area contributed by atoms with Crippen molar-refractivity contribution in [1.82, 2.24) is 0 Å². The third kappa shape index (κ3) is 3.90. The SMILES string of the molecule is O=S(=O)(Nc1ccccc1C#CCO)c1cc(Cl)sc1Cl. The van der Waals surface area contributed by atoms with Gasteiger partial charge in [-0.1, -0.05) is 47.2 Å². The third-order valence-electron chi connectivity index (χ3n) is 2.39. The number of hydrogen-bond donors (Lipinski definition) is 2. The fraction of sp³-hybridized carbons (Fsp3) is 0.0769. The predicted molar refractivity (Wildman–Crippen MR) is 85.6 cm³/mol. The van der Waals surface area contributed by atoms with E-state index in [4.69, 9.17) is 28.3 Å². The molecule has 2 aromatic rings. The van der Waals surface area contributed by atoms with Gasteiger partial charge in [-0.25, -0.2) is 8.42 Å². The van der Waals surface area contributed by atoms with Crippen LogP contribution < -0.4 is 4.72 Å². The van der Waals surface area contributed by atoms with E-state index in [9.17, 15) is 8.42 Å². The topological polar surface area (TPSA) is 66.4 Å². The summed E-state index contributed by atoms with van der Waals surface area (Å²) in [7, 11) is -3.86. The van der Waals surface area contributed by atoms with Crippen LogP contribution in [0.3, 0.4) is 0 Å². The van der Waals surface area contributed by atoms with Crippen LogP contribution in [0.1, 0.15) is 5.56 Å². The molecule has 2 N–H and O–H groups in total. The molecule has 4 nitrogen and oxygen atoms in total. The average Bonchev–Trinajstić information content (AvgIpc) is 2.77. The lowest BCUT2D eigenvalue weighted by molar-refractivity contribution is 0.350. The number of thiophene rings is 1. The van der Waals surface area contributed by atoms with Gasteiger partial charge in [-0.3, -0.25) is 4.72 Å². The summed E-state index contributed by atoms with van der Waals surface area (Å²) in [6.07, 6.45) is 0. The summed E-state index contributed by atoms with van der Waals surface area (Å²) < 4.78 is 27.4. The molecule has 2 rings (SSSR count). The van der Waals surface area contributed by atoms with Gasteiger partial charge in [-0.2, -0.15) is 0 Å². The lowest BCUT2D eigenvalue weighted by atomic mass is 10.2. The number of aliphatic hydroxyl groups is 1. The fourth-order valence-electron chi connectivity index (χ4n) is 1.52. The van der Waals surface area contributed by atoms with Gasteiger partial charge < -0.3 is 5.11 Å². The minimum absolute atomic E-state index is 0.0795. The molecule has 0 radical (unpaired) electrons. The highest BCUT2D eigenvalue weighted by Crippen LogP contribution is 2.35. The second-order valence-electron chi connectivity index (χ2n) is 3.80. The third-order valence-corrected chi connectivity index (χ3v) is 5.51. The van der Waals surface area contributed by atoms with Crippen molar-refractivity contribution in [2.24, 2.45) is 0 Å². The van der Waals surface area contributed by atoms with Crippen LogP contribution in [-0.2, 0) is 10.0 Å². The molecule has 0 amide bonds. The number of benzene rings is 1. The highest BCUT2D eigenvalue weighted by molar-refractivity contribution is 7.93. The Morgan fingerprint density at radius 3 is 2.62 bits per heavy atom. The van der Waals surface area contributed by atoms with Gasteiger partial charge in [0.1, 0.15) is 15.8 Å². The van der Waals surface area contributed by atoms with Crippen LogP contribution in [0.25, 0.3) is 0 Å². The normalized spacial score (nSPS) is 10.8. The number of nitrogens with one attached hydrogen (secondary N) is 1. The Labute approximate surface area is 136 Å². The van der Waals surface area contributed by atoms with Crippen molar-refractivity contribution in [3.63, 3.8) is 0 Å². The highest BCUT2D eigenvalue weighted by atomic mass is 35.5. The first-order chi connectivity index (χ1) is 9.94. The van der Waals surface area contributed by atoms with E-state index in [0.717, 1.165) is 11.3 Å². The Bertz CT molecular complexity index is 819. The van der Waals surface area contributed by atoms with E-state index >= 15 is 0 Å². The summed E-state index contributed by atoms with van der Waals surface area (Å²) in [5.41, 5.74) is 0.754. The molecule has 1 heterocycles. The first kappa shape index (κ1) is 16.1. The van der Waals surface area contributed by atoms with E-state index < -0.39 is 10.0 Å². The van der Waals surface area contributed by atoms with Crippen molar-refractivity contribution in [3.05, 3.63) is 44.6 Å². The molecule has 0 fully saturated rings. The van der Waals surface area contributed by atoms with Gasteiger partial charge in [0, 0.05) is 5.56 Å². The van der Waals surface area contributed by atoms with Crippen LogP contribution in [0.4, 0.5) is 5.69 Å². The molecule has 0 aliphatic heterocycles. The Morgan fingerprint density at radius 2 is 2.00 bits per heavy atom. The minimum Gasteiger partial charge on any atom is -0.384 e. The second kappa shape index (κ2) is 6.69. The van der Waals surface area contributed by atoms with Gasteiger partial charge in [-0.15, -0.1) is 11.3 Å². The quantitative estimate of drug-likeness (QED) is 0.824. The van der Waals surface area contributed by atoms with E-state index in [2.05, 4.69) is 16.6 Å². The summed E-state index contributed by atoms with van der Waals surface area (Å²) in [4.78, 5) is -0.0795. The van der Waals surface area contributed by atoms with Crippen LogP contribution >= 0.6 is 34.5 Å². The van der Waals surface area contributed by atoms with Gasteiger partial charge in [0.15, 0.2) is 0 Å². The number of anilines is 1. The predicted octanol–water partition coefficient (Wildman–Crippen LogP) is 3.20. The maximum absolute atomic E-state index is 12.3. The number of halogens is 2. The van der Waals surface area contributed by atoms with Crippen LogP contribution in [0, 0.1) is 11.8 Å². The lowest BCUT2D eigenvalue weighted by Gasteiger charge is -2.08. The fourth-order valence-corrected chi connectivity index (χ4v) is 4.75. The zero-order valence-corrected chi connectivity index (χ0v) is 13.6. The molecular weight excluding hydrogens is 353 g/mol. The molecule has 1 aromatic carbocycles. The molecule has 1 aromatic heterocycles. The maximum atomic E-state index is 12.3. The number of aliphatic hydroxyl groups excluding tert-OH is 1. The molecule has 0 aliphatic carbocycles. The smallest absolute Gasteiger partial charge is 0.264 e. The van der Waals surface area contributed by atoms with Crippen LogP contribution in [0.15, 0.2) is 35.2 Å². The highest BCUT2D eigenvalue weighted by Gasteiger charge is 2.21. The molecule has 21 heavy (non-hydrogen) atoms. The molecule has 8 heteroatoms. The Hall–Kier alpha value is -1.23. The first-order valence-corrected chi connectivity index (χ1v) is 8.66. The van der Waals surface area contributed by atoms with Crippen molar-refractivity contribution in [3.8, 4) is 11.8 Å². The van der Waals surface area contributed by atoms with Crippen molar-refractivity contribution >= 4 is 50.2 Å². The molecule has 0 aliphatic rings. The molecule has 0 unspecified atom stereocenters. The van der Waals surface area contributed by atoms with Crippen LogP contribution in [0.2, 0.25) is 8.67 Å². The van der Waals surface area contributed by atoms with Gasteiger partial charge >= 0.3 is 0 Å². The van der Waals surface area contributed by atoms with E-state index in [-0.39, 0.29) is 20.2 Å². The zero-order chi connectivity index (χ0) is 15.5. The molecular formula is C13H9Cl2NO3S2. The molecule has 0 bridgehead atoms. The van der Waals surface area contributed by atoms with E-state index in [1.807, 2.05) is 0 Å². The maximum Gasteiger partial charge on any atom is 0.264 e. The van der Waals surface area contributed by atoms with E-state index in [1.165, 1.54) is 6.07 Å². The van der Waals surface area contributed by atoms with Gasteiger partial charge in [0.2, 0.25) is 0 Å². The van der Waals surface area contributed by atoms with Crippen molar-refractivity contribution in [1.29, 1.82) is 0 Å². The molecule has 110 valence electrons. The zero-order valence-electron chi connectivity index (χ0n) is 10.4. The number of hydrogen-bond acceptors (Lipinski definition) is 4. The number of sulfonamides is 1. The van der Waals surface area contributed by atoms with Crippen molar-refractivity contribution < 1.29 is 13.5 Å². The Morgan fingerprint density at radius 1 is 1.29 bits per heavy atom. The summed E-state index contributed by atoms with van der Waals surface area (Å²) >= 11 is 12.6. The Balaban J connectivity index is 2.40. The second-order valence-corrected chi connectivity index (χ2v) is 7.74.